The highest BCUT2D eigenvalue weighted by atomic mass is 35.5. The third-order valence-corrected chi connectivity index (χ3v) is 2.33. The maximum Gasteiger partial charge on any atom is 0.0651 e. The Morgan fingerprint density at radius 3 is 2.69 bits per heavy atom. The van der Waals surface area contributed by atoms with Gasteiger partial charge in [-0.15, -0.1) is 0 Å². The van der Waals surface area contributed by atoms with Crippen molar-refractivity contribution in [2.75, 3.05) is 12.3 Å². The highest BCUT2D eigenvalue weighted by molar-refractivity contribution is 6.33. The summed E-state index contributed by atoms with van der Waals surface area (Å²) in [6, 6.07) is 5.21. The van der Waals surface area contributed by atoms with Crippen molar-refractivity contribution >= 4 is 17.3 Å². The van der Waals surface area contributed by atoms with Gasteiger partial charge in [0.15, 0.2) is 0 Å². The van der Waals surface area contributed by atoms with Crippen LogP contribution in [0.5, 0.6) is 0 Å². The van der Waals surface area contributed by atoms with Gasteiger partial charge in [0.05, 0.1) is 22.9 Å². The minimum atomic E-state index is -0.838. The maximum absolute atomic E-state index is 9.04. The molecular formula is C9H13ClN2O. The zero-order chi connectivity index (χ0) is 10.1. The van der Waals surface area contributed by atoms with Gasteiger partial charge < -0.3 is 16.6 Å². The summed E-state index contributed by atoms with van der Waals surface area (Å²) in [6.07, 6.45) is 0. The lowest BCUT2D eigenvalue weighted by Gasteiger charge is -2.24. The average Bonchev–Trinajstić information content (AvgIpc) is 2.09. The van der Waals surface area contributed by atoms with Crippen LogP contribution in [0.4, 0.5) is 5.69 Å². The number of hydrogen-bond donors (Lipinski definition) is 3. The second kappa shape index (κ2) is 3.54. The van der Waals surface area contributed by atoms with Crippen molar-refractivity contribution in [3.63, 3.8) is 0 Å². The van der Waals surface area contributed by atoms with Crippen molar-refractivity contribution in [2.45, 2.75) is 12.5 Å². The van der Waals surface area contributed by atoms with Crippen LogP contribution in [0, 0.1) is 0 Å². The Hall–Kier alpha value is -0.770. The largest absolute Gasteiger partial charge is 0.397 e. The summed E-state index contributed by atoms with van der Waals surface area (Å²) in [5.74, 6) is 0. The van der Waals surface area contributed by atoms with Crippen LogP contribution in [0.3, 0.4) is 0 Å². The van der Waals surface area contributed by atoms with Crippen LogP contribution in [-0.4, -0.2) is 11.7 Å². The fraction of sp³-hybridized carbons (Fsp3) is 0.333. The third kappa shape index (κ3) is 1.94. The lowest BCUT2D eigenvalue weighted by molar-refractivity contribution is 0.210. The number of aliphatic hydroxyl groups excluding tert-OH is 1. The number of rotatable bonds is 2. The summed E-state index contributed by atoms with van der Waals surface area (Å²) in [5.41, 5.74) is 11.8. The molecule has 1 aromatic rings. The summed E-state index contributed by atoms with van der Waals surface area (Å²) in [6.45, 7) is 1.53. The topological polar surface area (TPSA) is 72.3 Å². The smallest absolute Gasteiger partial charge is 0.0651 e. The number of nitrogen functional groups attached to an aromatic ring is 1. The second-order valence-corrected chi connectivity index (χ2v) is 3.68. The Balaban J connectivity index is 3.22. The van der Waals surface area contributed by atoms with Crippen molar-refractivity contribution in [2.24, 2.45) is 5.73 Å². The fourth-order valence-electron chi connectivity index (χ4n) is 1.12. The van der Waals surface area contributed by atoms with Crippen LogP contribution in [0.25, 0.3) is 0 Å². The van der Waals surface area contributed by atoms with Crippen molar-refractivity contribution in [1.29, 1.82) is 0 Å². The molecule has 13 heavy (non-hydrogen) atoms. The van der Waals surface area contributed by atoms with Gasteiger partial charge in [0, 0.05) is 0 Å². The first-order valence-corrected chi connectivity index (χ1v) is 4.31. The predicted octanol–water partition coefficient (Wildman–Crippen LogP) is 1.09. The molecule has 0 aliphatic heterocycles. The highest BCUT2D eigenvalue weighted by Crippen LogP contribution is 2.29. The van der Waals surface area contributed by atoms with Crippen LogP contribution in [0.15, 0.2) is 18.2 Å². The molecule has 0 radical (unpaired) electrons. The zero-order valence-electron chi connectivity index (χ0n) is 7.42. The summed E-state index contributed by atoms with van der Waals surface area (Å²) < 4.78 is 0. The molecule has 1 aromatic carbocycles. The standard InChI is InChI=1S/C9H13ClN2O/c1-9(12,5-13)6-3-2-4-7(10)8(6)11/h2-4,13H,5,11-12H2,1H3/t9-/m0/s1. The van der Waals surface area contributed by atoms with Crippen molar-refractivity contribution < 1.29 is 5.11 Å². The highest BCUT2D eigenvalue weighted by Gasteiger charge is 2.23. The molecule has 0 aliphatic rings. The Labute approximate surface area is 82.3 Å². The molecular weight excluding hydrogens is 188 g/mol. The monoisotopic (exact) mass is 200 g/mol. The molecule has 0 aliphatic carbocycles. The van der Waals surface area contributed by atoms with Gasteiger partial charge >= 0.3 is 0 Å². The van der Waals surface area contributed by atoms with Crippen LogP contribution in [0.1, 0.15) is 12.5 Å². The minimum Gasteiger partial charge on any atom is -0.397 e. The first-order chi connectivity index (χ1) is 5.99. The van der Waals surface area contributed by atoms with E-state index in [1.807, 2.05) is 0 Å². The van der Waals surface area contributed by atoms with Gasteiger partial charge in [0.25, 0.3) is 0 Å². The van der Waals surface area contributed by atoms with Crippen molar-refractivity contribution in [1.82, 2.24) is 0 Å². The summed E-state index contributed by atoms with van der Waals surface area (Å²) in [7, 11) is 0. The van der Waals surface area contributed by atoms with Crippen LogP contribution in [0.2, 0.25) is 5.02 Å². The number of anilines is 1. The Morgan fingerprint density at radius 2 is 2.15 bits per heavy atom. The van der Waals surface area contributed by atoms with Crippen LogP contribution < -0.4 is 11.5 Å². The summed E-state index contributed by atoms with van der Waals surface area (Å²) >= 11 is 5.81. The number of aliphatic hydroxyl groups is 1. The number of benzene rings is 1. The van der Waals surface area contributed by atoms with E-state index in [4.69, 9.17) is 28.2 Å². The van der Waals surface area contributed by atoms with Crippen molar-refractivity contribution in [3.05, 3.63) is 28.8 Å². The normalized spacial score (nSPS) is 15.4. The molecule has 0 fully saturated rings. The molecule has 0 saturated heterocycles. The van der Waals surface area contributed by atoms with Gasteiger partial charge in [-0.2, -0.15) is 0 Å². The molecule has 5 N–H and O–H groups in total. The summed E-state index contributed by atoms with van der Waals surface area (Å²) in [5, 5.41) is 9.50. The SMILES string of the molecule is C[C@](N)(CO)c1cccc(Cl)c1N. The van der Waals surface area contributed by atoms with E-state index in [-0.39, 0.29) is 6.61 Å². The molecule has 0 bridgehead atoms. The Morgan fingerprint density at radius 1 is 1.54 bits per heavy atom. The van der Waals surface area contributed by atoms with Gasteiger partial charge in [-0.05, 0) is 18.6 Å². The van der Waals surface area contributed by atoms with Gasteiger partial charge in [0.1, 0.15) is 0 Å². The van der Waals surface area contributed by atoms with Gasteiger partial charge in [0.2, 0.25) is 0 Å². The van der Waals surface area contributed by atoms with E-state index in [2.05, 4.69) is 0 Å². The molecule has 3 nitrogen and oxygen atoms in total. The minimum absolute atomic E-state index is 0.169. The zero-order valence-corrected chi connectivity index (χ0v) is 8.17. The van der Waals surface area contributed by atoms with Crippen LogP contribution >= 0.6 is 11.6 Å². The first kappa shape index (κ1) is 10.3. The maximum atomic E-state index is 9.04. The number of halogens is 1. The van der Waals surface area contributed by atoms with Gasteiger partial charge in [-0.1, -0.05) is 23.7 Å². The number of nitrogens with two attached hydrogens (primary N) is 2. The van der Waals surface area contributed by atoms with Gasteiger partial charge in [-0.3, -0.25) is 0 Å². The third-order valence-electron chi connectivity index (χ3n) is 2.00. The van der Waals surface area contributed by atoms with E-state index in [0.29, 0.717) is 16.3 Å². The Bertz CT molecular complexity index is 312. The first-order valence-electron chi connectivity index (χ1n) is 3.93. The van der Waals surface area contributed by atoms with E-state index >= 15 is 0 Å². The Kier molecular flexibility index (Phi) is 2.81. The van der Waals surface area contributed by atoms with E-state index in [1.165, 1.54) is 0 Å². The summed E-state index contributed by atoms with van der Waals surface area (Å²) in [4.78, 5) is 0. The number of para-hydroxylation sites is 1. The molecule has 1 atom stereocenters. The molecule has 72 valence electrons. The average molecular weight is 201 g/mol. The van der Waals surface area contributed by atoms with Crippen molar-refractivity contribution in [3.8, 4) is 0 Å². The molecule has 4 heteroatoms. The van der Waals surface area contributed by atoms with E-state index in [9.17, 15) is 0 Å². The fourth-order valence-corrected chi connectivity index (χ4v) is 1.29. The molecule has 0 amide bonds. The second-order valence-electron chi connectivity index (χ2n) is 3.28. The van der Waals surface area contributed by atoms with E-state index in [0.717, 1.165) is 0 Å². The van der Waals surface area contributed by atoms with E-state index < -0.39 is 5.54 Å². The molecule has 1 rings (SSSR count). The quantitative estimate of drug-likeness (QED) is 0.626. The lowest BCUT2D eigenvalue weighted by atomic mass is 9.93. The predicted molar refractivity (Wildman–Crippen MR) is 54.5 cm³/mol. The molecule has 0 spiro atoms. The number of hydrogen-bond acceptors (Lipinski definition) is 3. The molecule has 0 saturated carbocycles. The molecule has 0 aromatic heterocycles. The van der Waals surface area contributed by atoms with Gasteiger partial charge in [-0.25, -0.2) is 0 Å². The molecule has 0 unspecified atom stereocenters. The van der Waals surface area contributed by atoms with E-state index in [1.54, 1.807) is 25.1 Å². The lowest BCUT2D eigenvalue weighted by Crippen LogP contribution is -2.37. The molecule has 0 heterocycles. The van der Waals surface area contributed by atoms with Crippen LogP contribution in [-0.2, 0) is 5.54 Å².